The number of rotatable bonds is 4. The Morgan fingerprint density at radius 3 is 2.21 bits per heavy atom. The van der Waals surface area contributed by atoms with Crippen molar-refractivity contribution >= 4 is 29.7 Å². The van der Waals surface area contributed by atoms with Gasteiger partial charge in [0.25, 0.3) is 0 Å². The second kappa shape index (κ2) is 6.65. The van der Waals surface area contributed by atoms with Crippen molar-refractivity contribution in [3.63, 3.8) is 0 Å². The molecule has 108 valence electrons. The first-order chi connectivity index (χ1) is 8.82. The zero-order valence-corrected chi connectivity index (χ0v) is 11.7. The number of aliphatic carboxylic acids is 2. The first kappa shape index (κ1) is 15.6. The van der Waals surface area contributed by atoms with Gasteiger partial charge in [-0.25, -0.2) is 4.79 Å². The highest BCUT2D eigenvalue weighted by Gasteiger charge is 2.33. The summed E-state index contributed by atoms with van der Waals surface area (Å²) in [6.45, 7) is 3.18. The molecule has 0 aliphatic carbocycles. The van der Waals surface area contributed by atoms with Crippen molar-refractivity contribution in [3.05, 3.63) is 0 Å². The van der Waals surface area contributed by atoms with Crippen LogP contribution in [0.4, 0.5) is 4.79 Å². The third-order valence-corrected chi connectivity index (χ3v) is 4.39. The molecule has 0 aromatic carbocycles. The summed E-state index contributed by atoms with van der Waals surface area (Å²) in [4.78, 5) is 36.1. The van der Waals surface area contributed by atoms with Crippen molar-refractivity contribution in [3.8, 4) is 0 Å². The summed E-state index contributed by atoms with van der Waals surface area (Å²) in [7, 11) is 0. The minimum atomic E-state index is -1.22. The predicted molar refractivity (Wildman–Crippen MR) is 70.3 cm³/mol. The van der Waals surface area contributed by atoms with Gasteiger partial charge < -0.3 is 20.0 Å². The minimum absolute atomic E-state index is 0.0451. The van der Waals surface area contributed by atoms with Crippen LogP contribution in [-0.2, 0) is 9.59 Å². The molecule has 2 amide bonds. The van der Waals surface area contributed by atoms with Crippen molar-refractivity contribution in [2.24, 2.45) is 0 Å². The van der Waals surface area contributed by atoms with E-state index < -0.39 is 31.1 Å². The van der Waals surface area contributed by atoms with E-state index in [1.165, 1.54) is 0 Å². The lowest BCUT2D eigenvalue weighted by atomic mass is 10.2. The summed E-state index contributed by atoms with van der Waals surface area (Å²) >= 11 is 1.74. The Hall–Kier alpha value is -1.44. The predicted octanol–water partition coefficient (Wildman–Crippen LogP) is 0.403. The third kappa shape index (κ3) is 4.30. The van der Waals surface area contributed by atoms with Crippen LogP contribution in [0.3, 0.4) is 0 Å². The van der Waals surface area contributed by atoms with E-state index in [0.717, 1.165) is 10.7 Å². The Kier molecular flexibility index (Phi) is 5.46. The van der Waals surface area contributed by atoms with E-state index in [1.54, 1.807) is 16.7 Å². The molecule has 0 saturated carbocycles. The number of urea groups is 1. The van der Waals surface area contributed by atoms with Crippen LogP contribution in [0.25, 0.3) is 0 Å². The lowest BCUT2D eigenvalue weighted by Crippen LogP contribution is -2.54. The number of thioether (sulfide) groups is 1. The fraction of sp³-hybridized carbons (Fsp3) is 0.727. The number of carbonyl (C=O) groups is 3. The number of nitrogens with zero attached hydrogens (tertiary/aromatic N) is 2. The molecule has 2 N–H and O–H groups in total. The molecule has 0 bridgehead atoms. The van der Waals surface area contributed by atoms with E-state index in [0.29, 0.717) is 6.54 Å². The molecule has 19 heavy (non-hydrogen) atoms. The van der Waals surface area contributed by atoms with E-state index in [9.17, 15) is 14.4 Å². The third-order valence-electron chi connectivity index (χ3n) is 3.05. The van der Waals surface area contributed by atoms with Gasteiger partial charge in [-0.15, -0.1) is 0 Å². The SMILES string of the molecule is CC1SCCN(C(=O)N(CC(=O)O)CC(=O)O)C1C. The van der Waals surface area contributed by atoms with E-state index in [4.69, 9.17) is 10.2 Å². The van der Waals surface area contributed by atoms with Gasteiger partial charge in [-0.05, 0) is 6.92 Å². The van der Waals surface area contributed by atoms with Crippen LogP contribution >= 0.6 is 11.8 Å². The fourth-order valence-electron chi connectivity index (χ4n) is 1.90. The molecule has 1 rings (SSSR count). The Morgan fingerprint density at radius 2 is 1.74 bits per heavy atom. The topological polar surface area (TPSA) is 98.2 Å². The molecule has 0 radical (unpaired) electrons. The molecule has 1 aliphatic heterocycles. The Labute approximate surface area is 115 Å². The molecule has 7 nitrogen and oxygen atoms in total. The molecule has 1 aliphatic rings. The lowest BCUT2D eigenvalue weighted by Gasteiger charge is -2.39. The number of carboxylic acid groups (broad SMARTS) is 2. The van der Waals surface area contributed by atoms with Crippen LogP contribution in [0.5, 0.6) is 0 Å². The molecule has 0 aromatic heterocycles. The summed E-state index contributed by atoms with van der Waals surface area (Å²) < 4.78 is 0. The van der Waals surface area contributed by atoms with Crippen molar-refractivity contribution in [1.29, 1.82) is 0 Å². The van der Waals surface area contributed by atoms with E-state index in [-0.39, 0.29) is 11.3 Å². The van der Waals surface area contributed by atoms with Gasteiger partial charge in [0.2, 0.25) is 0 Å². The normalized spacial score (nSPS) is 22.9. The number of carboxylic acids is 2. The molecule has 1 saturated heterocycles. The molecular formula is C11H18N2O5S. The number of hydrogen-bond acceptors (Lipinski definition) is 4. The molecule has 1 fully saturated rings. The van der Waals surface area contributed by atoms with Gasteiger partial charge in [-0.1, -0.05) is 6.92 Å². The zero-order chi connectivity index (χ0) is 14.6. The fourth-order valence-corrected chi connectivity index (χ4v) is 3.00. The van der Waals surface area contributed by atoms with Crippen molar-refractivity contribution in [1.82, 2.24) is 9.80 Å². The van der Waals surface area contributed by atoms with Crippen LogP contribution in [-0.4, -0.2) is 74.7 Å². The van der Waals surface area contributed by atoms with E-state index in [2.05, 4.69) is 0 Å². The van der Waals surface area contributed by atoms with Crippen LogP contribution < -0.4 is 0 Å². The maximum absolute atomic E-state index is 12.2. The van der Waals surface area contributed by atoms with Gasteiger partial charge in [-0.2, -0.15) is 11.8 Å². The monoisotopic (exact) mass is 290 g/mol. The van der Waals surface area contributed by atoms with E-state index in [1.807, 2.05) is 13.8 Å². The number of hydrogen-bond donors (Lipinski definition) is 2. The number of carbonyl (C=O) groups excluding carboxylic acids is 1. The summed E-state index contributed by atoms with van der Waals surface area (Å²) in [5, 5.41) is 17.7. The summed E-state index contributed by atoms with van der Waals surface area (Å²) in [5.74, 6) is -1.67. The van der Waals surface area contributed by atoms with Gasteiger partial charge in [0.05, 0.1) is 0 Å². The molecular weight excluding hydrogens is 272 g/mol. The van der Waals surface area contributed by atoms with Crippen LogP contribution in [0.15, 0.2) is 0 Å². The second-order valence-electron chi connectivity index (χ2n) is 4.44. The summed E-state index contributed by atoms with van der Waals surface area (Å²) in [6.07, 6.45) is 0. The Morgan fingerprint density at radius 1 is 1.21 bits per heavy atom. The highest BCUT2D eigenvalue weighted by atomic mass is 32.2. The van der Waals surface area contributed by atoms with Gasteiger partial charge in [-0.3, -0.25) is 9.59 Å². The first-order valence-corrected chi connectivity index (χ1v) is 6.98. The largest absolute Gasteiger partial charge is 0.480 e. The lowest BCUT2D eigenvalue weighted by molar-refractivity contribution is -0.140. The van der Waals surface area contributed by atoms with Gasteiger partial charge in [0.1, 0.15) is 13.1 Å². The average molecular weight is 290 g/mol. The number of amides is 2. The second-order valence-corrected chi connectivity index (χ2v) is 5.92. The molecule has 0 spiro atoms. The summed E-state index contributed by atoms with van der Waals surface area (Å²) in [6, 6.07) is -0.569. The molecule has 2 unspecified atom stereocenters. The van der Waals surface area contributed by atoms with Crippen LogP contribution in [0.2, 0.25) is 0 Å². The Balaban J connectivity index is 2.79. The first-order valence-electron chi connectivity index (χ1n) is 5.93. The highest BCUT2D eigenvalue weighted by molar-refractivity contribution is 8.00. The standard InChI is InChI=1S/C11H18N2O5S/c1-7-8(2)19-4-3-13(7)11(18)12(5-9(14)15)6-10(16)17/h7-8H,3-6H2,1-2H3,(H,14,15)(H,16,17). The zero-order valence-electron chi connectivity index (χ0n) is 10.9. The average Bonchev–Trinajstić information content (AvgIpc) is 2.30. The maximum atomic E-state index is 12.2. The molecule has 8 heteroatoms. The van der Waals surface area contributed by atoms with Crippen molar-refractivity contribution < 1.29 is 24.6 Å². The quantitative estimate of drug-likeness (QED) is 0.778. The van der Waals surface area contributed by atoms with Crippen molar-refractivity contribution in [2.75, 3.05) is 25.4 Å². The van der Waals surface area contributed by atoms with Gasteiger partial charge >= 0.3 is 18.0 Å². The summed E-state index contributed by atoms with van der Waals surface area (Å²) in [5.41, 5.74) is 0. The van der Waals surface area contributed by atoms with Gasteiger partial charge in [0, 0.05) is 23.6 Å². The molecule has 1 heterocycles. The highest BCUT2D eigenvalue weighted by Crippen LogP contribution is 2.25. The maximum Gasteiger partial charge on any atom is 0.323 e. The smallest absolute Gasteiger partial charge is 0.323 e. The van der Waals surface area contributed by atoms with Crippen LogP contribution in [0.1, 0.15) is 13.8 Å². The molecule has 2 atom stereocenters. The van der Waals surface area contributed by atoms with E-state index >= 15 is 0 Å². The van der Waals surface area contributed by atoms with Crippen molar-refractivity contribution in [2.45, 2.75) is 25.1 Å². The minimum Gasteiger partial charge on any atom is -0.480 e. The van der Waals surface area contributed by atoms with Crippen LogP contribution in [0, 0.1) is 0 Å². The van der Waals surface area contributed by atoms with Gasteiger partial charge in [0.15, 0.2) is 0 Å². The Bertz CT molecular complexity index is 360. The molecule has 0 aromatic rings.